The second kappa shape index (κ2) is 5.49. The molecule has 2 nitrogen and oxygen atoms in total. The van der Waals surface area contributed by atoms with Crippen LogP contribution in [0.15, 0.2) is 0 Å². The highest BCUT2D eigenvalue weighted by Gasteiger charge is 2.62. The zero-order valence-electron chi connectivity index (χ0n) is 12.0. The van der Waals surface area contributed by atoms with Gasteiger partial charge in [0, 0.05) is 6.04 Å². The molecule has 0 aromatic rings. The van der Waals surface area contributed by atoms with E-state index in [-0.39, 0.29) is 11.5 Å². The van der Waals surface area contributed by atoms with Gasteiger partial charge in [0.2, 0.25) is 0 Å². The van der Waals surface area contributed by atoms with Gasteiger partial charge in [-0.3, -0.25) is 4.79 Å². The van der Waals surface area contributed by atoms with Crippen LogP contribution in [0, 0.1) is 5.41 Å². The Morgan fingerprint density at radius 3 is 1.83 bits per heavy atom. The Hall–Kier alpha value is -0.740. The lowest BCUT2D eigenvalue weighted by molar-refractivity contribution is -0.185. The summed E-state index contributed by atoms with van der Waals surface area (Å²) in [5.74, 6) is -3.95. The third-order valence-corrected chi connectivity index (χ3v) is 3.13. The zero-order valence-corrected chi connectivity index (χ0v) is 12.0. The van der Waals surface area contributed by atoms with Crippen molar-refractivity contribution < 1.29 is 18.0 Å². The third kappa shape index (κ3) is 4.18. The summed E-state index contributed by atoms with van der Waals surface area (Å²) in [6.45, 7) is 11.4. The van der Waals surface area contributed by atoms with Gasteiger partial charge in [-0.1, -0.05) is 34.6 Å². The van der Waals surface area contributed by atoms with Crippen molar-refractivity contribution in [3.05, 3.63) is 0 Å². The molecule has 0 bridgehead atoms. The van der Waals surface area contributed by atoms with Crippen LogP contribution in [0.3, 0.4) is 0 Å². The molecule has 1 amide bonds. The molecule has 108 valence electrons. The van der Waals surface area contributed by atoms with Crippen molar-refractivity contribution in [2.45, 2.75) is 72.0 Å². The zero-order chi connectivity index (χ0) is 14.8. The monoisotopic (exact) mass is 267 g/mol. The van der Waals surface area contributed by atoms with Crippen LogP contribution < -0.4 is 5.32 Å². The van der Waals surface area contributed by atoms with E-state index in [0.29, 0.717) is 0 Å². The molecule has 1 aliphatic rings. The smallest absolute Gasteiger partial charge is 0.258 e. The van der Waals surface area contributed by atoms with Gasteiger partial charge in [0.05, 0.1) is 12.8 Å². The van der Waals surface area contributed by atoms with Gasteiger partial charge in [-0.15, -0.1) is 0 Å². The maximum Gasteiger partial charge on any atom is 0.258 e. The minimum Gasteiger partial charge on any atom is -0.350 e. The van der Waals surface area contributed by atoms with Crippen LogP contribution in [0.2, 0.25) is 0 Å². The Morgan fingerprint density at radius 1 is 1.17 bits per heavy atom. The first-order valence-corrected chi connectivity index (χ1v) is 6.34. The molecule has 1 rings (SSSR count). The summed E-state index contributed by atoms with van der Waals surface area (Å²) in [7, 11) is 0. The van der Waals surface area contributed by atoms with Crippen LogP contribution in [0.4, 0.5) is 13.2 Å². The molecular formula is C13H24F3NO. The molecule has 1 atom stereocenters. The maximum atomic E-state index is 13.7. The van der Waals surface area contributed by atoms with Crippen molar-refractivity contribution in [2.75, 3.05) is 0 Å². The van der Waals surface area contributed by atoms with Gasteiger partial charge < -0.3 is 5.32 Å². The largest absolute Gasteiger partial charge is 0.350 e. The highest BCUT2D eigenvalue weighted by atomic mass is 19.3. The summed E-state index contributed by atoms with van der Waals surface area (Å²) in [6, 6.07) is -0.262. The van der Waals surface area contributed by atoms with E-state index in [1.165, 1.54) is 0 Å². The van der Waals surface area contributed by atoms with Crippen molar-refractivity contribution in [1.29, 1.82) is 0 Å². The van der Waals surface area contributed by atoms with Gasteiger partial charge in [-0.25, -0.2) is 13.2 Å². The number of hydrogen-bond acceptors (Lipinski definition) is 1. The van der Waals surface area contributed by atoms with Crippen molar-refractivity contribution in [3.63, 3.8) is 0 Å². The molecule has 0 spiro atoms. The van der Waals surface area contributed by atoms with Crippen molar-refractivity contribution in [3.8, 4) is 0 Å². The molecule has 1 N–H and O–H groups in total. The minimum atomic E-state index is -3.03. The number of carbonyl (C=O) groups excluding carboxylic acids is 1. The Kier molecular flexibility index (Phi) is 5.27. The van der Waals surface area contributed by atoms with Gasteiger partial charge in [0.15, 0.2) is 5.67 Å². The molecule has 1 aliphatic carbocycles. The molecular weight excluding hydrogens is 243 g/mol. The molecule has 0 saturated heterocycles. The summed E-state index contributed by atoms with van der Waals surface area (Å²) < 4.78 is 38.7. The van der Waals surface area contributed by atoms with Gasteiger partial charge in [-0.2, -0.15) is 0 Å². The number of alkyl halides is 3. The number of carbonyl (C=O) groups is 1. The van der Waals surface area contributed by atoms with E-state index in [4.69, 9.17) is 0 Å². The Labute approximate surface area is 107 Å². The fraction of sp³-hybridized carbons (Fsp3) is 0.923. The molecule has 0 radical (unpaired) electrons. The third-order valence-electron chi connectivity index (χ3n) is 3.13. The van der Waals surface area contributed by atoms with Crippen molar-refractivity contribution in [2.24, 2.45) is 5.41 Å². The molecule has 1 saturated carbocycles. The number of halogens is 3. The Balaban J connectivity index is 0.00000137. The number of rotatable bonds is 2. The van der Waals surface area contributed by atoms with E-state index in [9.17, 15) is 18.0 Å². The molecule has 0 heterocycles. The fourth-order valence-electron chi connectivity index (χ4n) is 1.47. The summed E-state index contributed by atoms with van der Waals surface area (Å²) >= 11 is 0. The molecule has 1 unspecified atom stereocenters. The van der Waals surface area contributed by atoms with Gasteiger partial charge >= 0.3 is 0 Å². The minimum absolute atomic E-state index is 0.224. The van der Waals surface area contributed by atoms with Crippen LogP contribution in [-0.4, -0.2) is 23.5 Å². The molecule has 18 heavy (non-hydrogen) atoms. The topological polar surface area (TPSA) is 29.1 Å². The molecule has 0 aromatic carbocycles. The Bertz CT molecular complexity index is 289. The first kappa shape index (κ1) is 17.3. The molecule has 5 heteroatoms. The van der Waals surface area contributed by atoms with Crippen LogP contribution in [0.1, 0.15) is 54.4 Å². The van der Waals surface area contributed by atoms with Crippen molar-refractivity contribution in [1.82, 2.24) is 5.32 Å². The molecule has 0 aromatic heterocycles. The highest BCUT2D eigenvalue weighted by Crippen LogP contribution is 2.48. The second-order valence-electron chi connectivity index (χ2n) is 5.74. The van der Waals surface area contributed by atoms with E-state index < -0.39 is 30.3 Å². The number of nitrogens with one attached hydrogen (secondary N) is 1. The van der Waals surface area contributed by atoms with Crippen LogP contribution in [0.25, 0.3) is 0 Å². The van der Waals surface area contributed by atoms with E-state index in [2.05, 4.69) is 5.32 Å². The average molecular weight is 267 g/mol. The Morgan fingerprint density at radius 2 is 1.56 bits per heavy atom. The van der Waals surface area contributed by atoms with E-state index >= 15 is 0 Å². The van der Waals surface area contributed by atoms with Crippen LogP contribution in [0.5, 0.6) is 0 Å². The predicted octanol–water partition coefficient (Wildman–Crippen LogP) is 3.70. The summed E-state index contributed by atoms with van der Waals surface area (Å²) in [5.41, 5.74) is -2.61. The lowest BCUT2D eigenvalue weighted by Crippen LogP contribution is -2.60. The maximum absolute atomic E-state index is 13.7. The number of amides is 1. The standard InChI is InChI=1S/C11H18F3NO.C2H6/c1-7(9(2,3)4)15-8(16)10(12)5-11(13,14)6-10;1-2/h7H,5-6H2,1-4H3,(H,15,16);1-2H3. The van der Waals surface area contributed by atoms with Crippen LogP contribution in [-0.2, 0) is 4.79 Å². The highest BCUT2D eigenvalue weighted by molar-refractivity contribution is 5.86. The van der Waals surface area contributed by atoms with Gasteiger partial charge in [-0.05, 0) is 12.3 Å². The van der Waals surface area contributed by atoms with Crippen molar-refractivity contribution >= 4 is 5.91 Å². The van der Waals surface area contributed by atoms with Gasteiger partial charge in [0.25, 0.3) is 11.8 Å². The first-order valence-electron chi connectivity index (χ1n) is 6.34. The van der Waals surface area contributed by atoms with E-state index in [1.807, 2.05) is 34.6 Å². The van der Waals surface area contributed by atoms with E-state index in [0.717, 1.165) is 0 Å². The SMILES string of the molecule is CC.CC(NC(=O)C1(F)CC(F)(F)C1)C(C)(C)C. The van der Waals surface area contributed by atoms with E-state index in [1.54, 1.807) is 6.92 Å². The average Bonchev–Trinajstić information content (AvgIpc) is 2.16. The molecule has 0 aliphatic heterocycles. The fourth-order valence-corrected chi connectivity index (χ4v) is 1.47. The summed E-state index contributed by atoms with van der Waals surface area (Å²) in [6.07, 6.45) is -1.99. The quantitative estimate of drug-likeness (QED) is 0.812. The summed E-state index contributed by atoms with van der Waals surface area (Å²) in [4.78, 5) is 11.5. The number of hydrogen-bond donors (Lipinski definition) is 1. The first-order chi connectivity index (χ1) is 7.96. The normalized spacial score (nSPS) is 22.1. The van der Waals surface area contributed by atoms with Crippen LogP contribution >= 0.6 is 0 Å². The lowest BCUT2D eigenvalue weighted by Gasteiger charge is -2.41. The van der Waals surface area contributed by atoms with Gasteiger partial charge in [0.1, 0.15) is 0 Å². The second-order valence-corrected chi connectivity index (χ2v) is 5.74. The molecule has 1 fully saturated rings. The lowest BCUT2D eigenvalue weighted by atomic mass is 9.77. The predicted molar refractivity (Wildman–Crippen MR) is 66.4 cm³/mol. The summed E-state index contributed by atoms with van der Waals surface area (Å²) in [5, 5.41) is 2.45.